The van der Waals surface area contributed by atoms with E-state index in [4.69, 9.17) is 11.5 Å². The number of rotatable bonds is 2. The first kappa shape index (κ1) is 21.4. The molecule has 2 aromatic carbocycles. The SMILES string of the molecule is Nc1ccc(S(=O)(=O)[O-])cc1.Nc1ccc(S(=O)(=O)[O-])cc1.[Ni+2]. The average molecular weight is 403 g/mol. The van der Waals surface area contributed by atoms with Gasteiger partial charge in [-0.3, -0.25) is 0 Å². The van der Waals surface area contributed by atoms with Gasteiger partial charge in [0, 0.05) is 11.4 Å². The van der Waals surface area contributed by atoms with Crippen molar-refractivity contribution < 1.29 is 42.4 Å². The first-order valence-corrected chi connectivity index (χ1v) is 8.44. The van der Waals surface area contributed by atoms with E-state index in [-0.39, 0.29) is 26.3 Å². The summed E-state index contributed by atoms with van der Waals surface area (Å²) in [6, 6.07) is 10.2. The summed E-state index contributed by atoms with van der Waals surface area (Å²) in [6.07, 6.45) is 0. The van der Waals surface area contributed by atoms with Gasteiger partial charge in [0.25, 0.3) is 0 Å². The van der Waals surface area contributed by atoms with Gasteiger partial charge < -0.3 is 20.6 Å². The fourth-order valence-corrected chi connectivity index (χ4v) is 2.21. The van der Waals surface area contributed by atoms with Crippen LogP contribution in [0.3, 0.4) is 0 Å². The van der Waals surface area contributed by atoms with Crippen molar-refractivity contribution >= 4 is 31.6 Å². The smallest absolute Gasteiger partial charge is 0.744 e. The summed E-state index contributed by atoms with van der Waals surface area (Å²) in [4.78, 5) is -0.515. The minimum atomic E-state index is -4.33. The van der Waals surface area contributed by atoms with Gasteiger partial charge in [-0.15, -0.1) is 0 Å². The number of nitrogen functional groups attached to an aromatic ring is 2. The summed E-state index contributed by atoms with van der Waals surface area (Å²) in [5.74, 6) is 0. The summed E-state index contributed by atoms with van der Waals surface area (Å²) < 4.78 is 62.1. The van der Waals surface area contributed by atoms with Gasteiger partial charge in [-0.05, 0) is 48.5 Å². The van der Waals surface area contributed by atoms with E-state index >= 15 is 0 Å². The van der Waals surface area contributed by atoms with Crippen LogP contribution in [0, 0.1) is 0 Å². The van der Waals surface area contributed by atoms with E-state index in [1.807, 2.05) is 0 Å². The Labute approximate surface area is 143 Å². The summed E-state index contributed by atoms with van der Waals surface area (Å²) in [7, 11) is -8.65. The van der Waals surface area contributed by atoms with Crippen molar-refractivity contribution in [1.29, 1.82) is 0 Å². The van der Waals surface area contributed by atoms with E-state index in [0.717, 1.165) is 0 Å². The van der Waals surface area contributed by atoms with Gasteiger partial charge in [0.05, 0.1) is 9.79 Å². The topological polar surface area (TPSA) is 166 Å². The van der Waals surface area contributed by atoms with Crippen molar-refractivity contribution in [3.63, 3.8) is 0 Å². The third kappa shape index (κ3) is 7.44. The molecule has 0 fully saturated rings. The molecule has 0 unspecified atom stereocenters. The number of hydrogen-bond acceptors (Lipinski definition) is 8. The summed E-state index contributed by atoms with van der Waals surface area (Å²) in [5.41, 5.74) is 11.4. The minimum absolute atomic E-state index is 0. The number of hydrogen-bond donors (Lipinski definition) is 2. The van der Waals surface area contributed by atoms with Gasteiger partial charge in [0.15, 0.2) is 0 Å². The molecule has 0 aliphatic rings. The molecule has 0 saturated carbocycles. The fraction of sp³-hybridized carbons (Fsp3) is 0. The third-order valence-corrected chi connectivity index (χ3v) is 4.04. The molecule has 0 heterocycles. The Balaban J connectivity index is 0.000000403. The third-order valence-electron chi connectivity index (χ3n) is 2.34. The molecule has 11 heteroatoms. The molecular weight excluding hydrogens is 391 g/mol. The van der Waals surface area contributed by atoms with Crippen LogP contribution in [0.25, 0.3) is 0 Å². The van der Waals surface area contributed by atoms with Crippen LogP contribution >= 0.6 is 0 Å². The molecule has 0 saturated heterocycles. The minimum Gasteiger partial charge on any atom is -0.744 e. The van der Waals surface area contributed by atoms with E-state index < -0.39 is 20.2 Å². The van der Waals surface area contributed by atoms with Gasteiger partial charge in [-0.1, -0.05) is 0 Å². The zero-order chi connectivity index (χ0) is 17.0. The molecule has 0 aromatic heterocycles. The molecule has 0 aliphatic heterocycles. The number of benzene rings is 2. The van der Waals surface area contributed by atoms with Crippen LogP contribution in [-0.4, -0.2) is 25.9 Å². The molecule has 2 aromatic rings. The molecule has 0 atom stereocenters. The van der Waals surface area contributed by atoms with E-state index in [1.165, 1.54) is 48.5 Å². The van der Waals surface area contributed by atoms with Crippen LogP contribution in [0.2, 0.25) is 0 Å². The van der Waals surface area contributed by atoms with Crippen LogP contribution < -0.4 is 11.5 Å². The summed E-state index contributed by atoms with van der Waals surface area (Å²) in [6.45, 7) is 0. The second kappa shape index (κ2) is 8.27. The van der Waals surface area contributed by atoms with Crippen LogP contribution in [0.5, 0.6) is 0 Å². The van der Waals surface area contributed by atoms with Crippen molar-refractivity contribution in [1.82, 2.24) is 0 Å². The zero-order valence-corrected chi connectivity index (χ0v) is 14.0. The Morgan fingerprint density at radius 1 is 0.609 bits per heavy atom. The van der Waals surface area contributed by atoms with Crippen LogP contribution in [-0.2, 0) is 36.7 Å². The summed E-state index contributed by atoms with van der Waals surface area (Å²) >= 11 is 0. The first-order valence-electron chi connectivity index (χ1n) is 5.63. The Morgan fingerprint density at radius 3 is 1.00 bits per heavy atom. The molecule has 128 valence electrons. The van der Waals surface area contributed by atoms with Crippen molar-refractivity contribution in [2.75, 3.05) is 11.5 Å². The molecule has 0 aliphatic carbocycles. The van der Waals surface area contributed by atoms with E-state index in [1.54, 1.807) is 0 Å². The standard InChI is InChI=1S/2C6H7NO3S.Ni/c2*7-5-1-3-6(4-2-5)11(8,9)10;/h2*1-4H,7H2,(H,8,9,10);/q;;+2/p-2. The second-order valence-electron chi connectivity index (χ2n) is 4.05. The van der Waals surface area contributed by atoms with Gasteiger partial charge in [0.1, 0.15) is 20.2 Å². The maximum absolute atomic E-state index is 10.3. The molecule has 0 spiro atoms. The van der Waals surface area contributed by atoms with Crippen molar-refractivity contribution in [2.45, 2.75) is 9.79 Å². The Morgan fingerprint density at radius 2 is 0.826 bits per heavy atom. The second-order valence-corrected chi connectivity index (χ2v) is 6.81. The van der Waals surface area contributed by atoms with E-state index in [9.17, 15) is 25.9 Å². The Kier molecular flexibility index (Phi) is 7.68. The molecule has 23 heavy (non-hydrogen) atoms. The average Bonchev–Trinajstić information content (AvgIpc) is 2.38. The van der Waals surface area contributed by atoms with Crippen LogP contribution in [0.1, 0.15) is 0 Å². The van der Waals surface area contributed by atoms with Gasteiger partial charge in [-0.2, -0.15) is 0 Å². The van der Waals surface area contributed by atoms with Crippen molar-refractivity contribution in [2.24, 2.45) is 0 Å². The molecule has 2 rings (SSSR count). The monoisotopic (exact) mass is 402 g/mol. The van der Waals surface area contributed by atoms with E-state index in [0.29, 0.717) is 11.4 Å². The maximum Gasteiger partial charge on any atom is 2.00 e. The molecule has 0 radical (unpaired) electrons. The normalized spacial score (nSPS) is 10.9. The molecular formula is C12H12N2NiO6S2. The van der Waals surface area contributed by atoms with E-state index in [2.05, 4.69) is 0 Å². The molecule has 4 N–H and O–H groups in total. The largest absolute Gasteiger partial charge is 2.00 e. The fourth-order valence-electron chi connectivity index (χ4n) is 1.27. The van der Waals surface area contributed by atoms with Gasteiger partial charge in [-0.25, -0.2) is 16.8 Å². The molecule has 8 nitrogen and oxygen atoms in total. The predicted molar refractivity (Wildman–Crippen MR) is 77.6 cm³/mol. The number of anilines is 2. The van der Waals surface area contributed by atoms with Gasteiger partial charge >= 0.3 is 16.5 Å². The Hall–Kier alpha value is -1.65. The van der Waals surface area contributed by atoms with Crippen molar-refractivity contribution in [3.05, 3.63) is 48.5 Å². The maximum atomic E-state index is 10.3. The molecule has 0 amide bonds. The van der Waals surface area contributed by atoms with Crippen LogP contribution in [0.15, 0.2) is 58.3 Å². The van der Waals surface area contributed by atoms with Gasteiger partial charge in [0.2, 0.25) is 0 Å². The van der Waals surface area contributed by atoms with Crippen molar-refractivity contribution in [3.8, 4) is 0 Å². The quantitative estimate of drug-likeness (QED) is 0.411. The first-order chi connectivity index (χ1) is 10.00. The molecule has 0 bridgehead atoms. The zero-order valence-electron chi connectivity index (χ0n) is 11.4. The number of nitrogens with two attached hydrogens (primary N) is 2. The van der Waals surface area contributed by atoms with Crippen LogP contribution in [0.4, 0.5) is 11.4 Å². The summed E-state index contributed by atoms with van der Waals surface area (Å²) in [5, 5.41) is 0. The Bertz CT molecular complexity index is 761. The predicted octanol–water partition coefficient (Wildman–Crippen LogP) is 0.343.